The molecule has 86 valence electrons. The number of aromatic carboxylic acids is 1. The molecular weight excluding hydrogens is 232 g/mol. The zero-order valence-electron chi connectivity index (χ0n) is 9.38. The zero-order valence-corrected chi connectivity index (χ0v) is 10.2. The van der Waals surface area contributed by atoms with Crippen LogP contribution in [0.5, 0.6) is 0 Å². The highest BCUT2D eigenvalue weighted by atomic mass is 32.2. The van der Waals surface area contributed by atoms with Crippen molar-refractivity contribution in [3.05, 3.63) is 54.1 Å². The van der Waals surface area contributed by atoms with Crippen LogP contribution in [0, 0.1) is 0 Å². The fourth-order valence-corrected chi connectivity index (χ4v) is 2.00. The first-order chi connectivity index (χ1) is 8.20. The Labute approximate surface area is 104 Å². The van der Waals surface area contributed by atoms with Crippen LogP contribution < -0.4 is 0 Å². The first-order valence-electron chi connectivity index (χ1n) is 5.18. The van der Waals surface area contributed by atoms with Crippen molar-refractivity contribution in [3.8, 4) is 11.1 Å². The largest absolute Gasteiger partial charge is 0.478 e. The Morgan fingerprint density at radius 3 is 1.82 bits per heavy atom. The molecule has 0 radical (unpaired) electrons. The first kappa shape index (κ1) is 11.7. The van der Waals surface area contributed by atoms with Crippen molar-refractivity contribution < 1.29 is 9.90 Å². The normalized spacial score (nSPS) is 10.2. The Kier molecular flexibility index (Phi) is 3.49. The van der Waals surface area contributed by atoms with Crippen LogP contribution in [0.2, 0.25) is 0 Å². The molecule has 2 aromatic rings. The minimum absolute atomic E-state index is 0.314. The van der Waals surface area contributed by atoms with Gasteiger partial charge in [-0.2, -0.15) is 0 Å². The summed E-state index contributed by atoms with van der Waals surface area (Å²) in [6.45, 7) is 0. The van der Waals surface area contributed by atoms with Gasteiger partial charge in [-0.15, -0.1) is 11.8 Å². The lowest BCUT2D eigenvalue weighted by Crippen LogP contribution is -1.94. The molecule has 0 unspecified atom stereocenters. The van der Waals surface area contributed by atoms with Crippen LogP contribution >= 0.6 is 11.8 Å². The lowest BCUT2D eigenvalue weighted by atomic mass is 10.0. The zero-order chi connectivity index (χ0) is 12.3. The number of carboxylic acid groups (broad SMARTS) is 1. The van der Waals surface area contributed by atoms with Gasteiger partial charge in [0.05, 0.1) is 5.56 Å². The van der Waals surface area contributed by atoms with Crippen molar-refractivity contribution in [2.24, 2.45) is 0 Å². The number of carboxylic acids is 1. The van der Waals surface area contributed by atoms with E-state index in [1.807, 2.05) is 30.5 Å². The molecule has 0 aliphatic heterocycles. The van der Waals surface area contributed by atoms with E-state index in [-0.39, 0.29) is 0 Å². The van der Waals surface area contributed by atoms with Gasteiger partial charge in [0, 0.05) is 4.90 Å². The third-order valence-corrected chi connectivity index (χ3v) is 3.30. The molecule has 17 heavy (non-hydrogen) atoms. The summed E-state index contributed by atoms with van der Waals surface area (Å²) in [6, 6.07) is 15.1. The smallest absolute Gasteiger partial charge is 0.335 e. The van der Waals surface area contributed by atoms with E-state index in [0.29, 0.717) is 5.56 Å². The fraction of sp³-hybridized carbons (Fsp3) is 0.0714. The Bertz CT molecular complexity index is 515. The molecule has 1 N–H and O–H groups in total. The van der Waals surface area contributed by atoms with E-state index >= 15 is 0 Å². The summed E-state index contributed by atoms with van der Waals surface area (Å²) in [5.41, 5.74) is 2.44. The van der Waals surface area contributed by atoms with Crippen molar-refractivity contribution in [3.63, 3.8) is 0 Å². The third-order valence-electron chi connectivity index (χ3n) is 2.56. The van der Waals surface area contributed by atoms with E-state index in [1.165, 1.54) is 4.90 Å². The van der Waals surface area contributed by atoms with Crippen molar-refractivity contribution in [2.75, 3.05) is 6.26 Å². The summed E-state index contributed by atoms with van der Waals surface area (Å²) in [5, 5.41) is 8.81. The second-order valence-corrected chi connectivity index (χ2v) is 4.49. The van der Waals surface area contributed by atoms with Crippen LogP contribution in [0.15, 0.2) is 53.4 Å². The lowest BCUT2D eigenvalue weighted by molar-refractivity contribution is 0.0697. The average molecular weight is 244 g/mol. The second kappa shape index (κ2) is 5.06. The molecule has 0 spiro atoms. The molecule has 0 heterocycles. The number of rotatable bonds is 3. The van der Waals surface area contributed by atoms with E-state index in [0.717, 1.165) is 11.1 Å². The van der Waals surface area contributed by atoms with Gasteiger partial charge in [-0.1, -0.05) is 24.3 Å². The molecule has 0 saturated heterocycles. The molecule has 2 rings (SSSR count). The minimum atomic E-state index is -0.894. The SMILES string of the molecule is CSc1ccc(-c2ccc(C(=O)O)cc2)cc1. The Hall–Kier alpha value is -1.74. The quantitative estimate of drug-likeness (QED) is 0.835. The number of carbonyl (C=O) groups is 1. The van der Waals surface area contributed by atoms with Gasteiger partial charge >= 0.3 is 5.97 Å². The maximum atomic E-state index is 10.7. The van der Waals surface area contributed by atoms with Gasteiger partial charge in [-0.05, 0) is 41.6 Å². The molecule has 0 bridgehead atoms. The van der Waals surface area contributed by atoms with Gasteiger partial charge in [-0.3, -0.25) is 0 Å². The van der Waals surface area contributed by atoms with E-state index in [9.17, 15) is 4.79 Å². The molecule has 0 fully saturated rings. The molecule has 0 aliphatic rings. The first-order valence-corrected chi connectivity index (χ1v) is 6.41. The van der Waals surface area contributed by atoms with Gasteiger partial charge in [-0.25, -0.2) is 4.79 Å². The van der Waals surface area contributed by atoms with Crippen LogP contribution in [0.3, 0.4) is 0 Å². The van der Waals surface area contributed by atoms with Crippen LogP contribution in [0.25, 0.3) is 11.1 Å². The molecule has 2 aromatic carbocycles. The molecule has 0 aromatic heterocycles. The lowest BCUT2D eigenvalue weighted by Gasteiger charge is -2.03. The van der Waals surface area contributed by atoms with Gasteiger partial charge in [0.1, 0.15) is 0 Å². The van der Waals surface area contributed by atoms with Gasteiger partial charge in [0.25, 0.3) is 0 Å². The Balaban J connectivity index is 2.29. The van der Waals surface area contributed by atoms with Gasteiger partial charge in [0.2, 0.25) is 0 Å². The molecule has 0 aliphatic carbocycles. The number of benzene rings is 2. The topological polar surface area (TPSA) is 37.3 Å². The summed E-state index contributed by atoms with van der Waals surface area (Å²) in [7, 11) is 0. The highest BCUT2D eigenvalue weighted by Gasteiger charge is 2.02. The second-order valence-electron chi connectivity index (χ2n) is 3.61. The molecule has 0 saturated carbocycles. The third kappa shape index (κ3) is 2.68. The van der Waals surface area contributed by atoms with Crippen molar-refractivity contribution in [1.29, 1.82) is 0 Å². The van der Waals surface area contributed by atoms with Crippen LogP contribution in [-0.2, 0) is 0 Å². The molecule has 0 amide bonds. The minimum Gasteiger partial charge on any atom is -0.478 e. The van der Waals surface area contributed by atoms with Crippen molar-refractivity contribution in [1.82, 2.24) is 0 Å². The molecular formula is C14H12O2S. The molecule has 3 heteroatoms. The number of hydrogen-bond donors (Lipinski definition) is 1. The van der Waals surface area contributed by atoms with Crippen LogP contribution in [0.1, 0.15) is 10.4 Å². The summed E-state index contributed by atoms with van der Waals surface area (Å²) in [4.78, 5) is 11.9. The standard InChI is InChI=1S/C14H12O2S/c1-17-13-8-6-11(7-9-13)10-2-4-12(5-3-10)14(15)16/h2-9H,1H3,(H,15,16). The van der Waals surface area contributed by atoms with Crippen molar-refractivity contribution in [2.45, 2.75) is 4.90 Å². The number of hydrogen-bond acceptors (Lipinski definition) is 2. The highest BCUT2D eigenvalue weighted by molar-refractivity contribution is 7.98. The maximum absolute atomic E-state index is 10.7. The predicted octanol–water partition coefficient (Wildman–Crippen LogP) is 3.77. The van der Waals surface area contributed by atoms with Crippen molar-refractivity contribution >= 4 is 17.7 Å². The Morgan fingerprint density at radius 1 is 0.941 bits per heavy atom. The van der Waals surface area contributed by atoms with E-state index in [2.05, 4.69) is 12.1 Å². The monoisotopic (exact) mass is 244 g/mol. The molecule has 0 atom stereocenters. The predicted molar refractivity (Wildman–Crippen MR) is 70.6 cm³/mol. The molecule has 2 nitrogen and oxygen atoms in total. The summed E-state index contributed by atoms with van der Waals surface area (Å²) < 4.78 is 0. The van der Waals surface area contributed by atoms with E-state index in [4.69, 9.17) is 5.11 Å². The van der Waals surface area contributed by atoms with E-state index < -0.39 is 5.97 Å². The fourth-order valence-electron chi connectivity index (χ4n) is 1.59. The highest BCUT2D eigenvalue weighted by Crippen LogP contribution is 2.23. The maximum Gasteiger partial charge on any atom is 0.335 e. The summed E-state index contributed by atoms with van der Waals surface area (Å²) >= 11 is 1.70. The van der Waals surface area contributed by atoms with Gasteiger partial charge < -0.3 is 5.11 Å². The average Bonchev–Trinajstić information content (AvgIpc) is 2.39. The number of thioether (sulfide) groups is 1. The summed E-state index contributed by atoms with van der Waals surface area (Å²) in [6.07, 6.45) is 2.04. The van der Waals surface area contributed by atoms with E-state index in [1.54, 1.807) is 23.9 Å². The van der Waals surface area contributed by atoms with Crippen LogP contribution in [0.4, 0.5) is 0 Å². The summed E-state index contributed by atoms with van der Waals surface area (Å²) in [5.74, 6) is -0.894. The van der Waals surface area contributed by atoms with Crippen LogP contribution in [-0.4, -0.2) is 17.3 Å². The Morgan fingerprint density at radius 2 is 1.41 bits per heavy atom. The van der Waals surface area contributed by atoms with Gasteiger partial charge in [0.15, 0.2) is 0 Å².